The Morgan fingerprint density at radius 2 is 2.09 bits per heavy atom. The van der Waals surface area contributed by atoms with Crippen molar-refractivity contribution in [1.82, 2.24) is 10.2 Å². The minimum Gasteiger partial charge on any atom is -0.374 e. The number of hydrogen-bond donors (Lipinski definition) is 1. The van der Waals surface area contributed by atoms with Crippen molar-refractivity contribution in [3.63, 3.8) is 0 Å². The lowest BCUT2D eigenvalue weighted by molar-refractivity contribution is 0.0185. The number of rotatable bonds is 2. The van der Waals surface area contributed by atoms with Crippen LogP contribution in [0.15, 0.2) is 0 Å². The Morgan fingerprint density at radius 3 is 2.45 bits per heavy atom. The topological polar surface area (TPSA) is 61.0 Å². The molecule has 0 unspecified atom stereocenters. The molecule has 0 radical (unpaired) electrons. The third-order valence-corrected chi connectivity index (χ3v) is 2.52. The maximum Gasteiger partial charge on any atom is 0.203 e. The highest BCUT2D eigenvalue weighted by Gasteiger charge is 2.23. The fourth-order valence-corrected chi connectivity index (χ4v) is 1.26. The summed E-state index contributed by atoms with van der Waals surface area (Å²) in [5.41, 5.74) is 5.04. The van der Waals surface area contributed by atoms with Crippen LogP contribution in [0.5, 0.6) is 0 Å². The average molecular weight is 173 g/mol. The van der Waals surface area contributed by atoms with Crippen LogP contribution in [0.2, 0.25) is 0 Å². The highest BCUT2D eigenvalue weighted by Crippen LogP contribution is 2.27. The van der Waals surface area contributed by atoms with Crippen molar-refractivity contribution in [2.75, 3.05) is 12.8 Å². The van der Waals surface area contributed by atoms with Crippen LogP contribution in [0.4, 0.5) is 5.13 Å². The van der Waals surface area contributed by atoms with Crippen LogP contribution in [0.1, 0.15) is 18.9 Å². The predicted molar refractivity (Wildman–Crippen MR) is 44.4 cm³/mol. The van der Waals surface area contributed by atoms with Crippen molar-refractivity contribution in [1.29, 1.82) is 0 Å². The van der Waals surface area contributed by atoms with Crippen LogP contribution >= 0.6 is 11.3 Å². The summed E-state index contributed by atoms with van der Waals surface area (Å²) in [6.07, 6.45) is 0. The summed E-state index contributed by atoms with van der Waals surface area (Å²) in [6, 6.07) is 0. The van der Waals surface area contributed by atoms with Crippen LogP contribution in [0.25, 0.3) is 0 Å². The van der Waals surface area contributed by atoms with Gasteiger partial charge in [0, 0.05) is 7.11 Å². The van der Waals surface area contributed by atoms with E-state index in [0.29, 0.717) is 5.13 Å². The van der Waals surface area contributed by atoms with E-state index in [4.69, 9.17) is 10.5 Å². The third-order valence-electron chi connectivity index (χ3n) is 1.47. The number of nitrogen functional groups attached to an aromatic ring is 1. The quantitative estimate of drug-likeness (QED) is 0.724. The molecule has 0 aliphatic heterocycles. The molecule has 0 aliphatic carbocycles. The molecule has 11 heavy (non-hydrogen) atoms. The van der Waals surface area contributed by atoms with E-state index in [2.05, 4.69) is 10.2 Å². The first-order valence-electron chi connectivity index (χ1n) is 3.21. The van der Waals surface area contributed by atoms with E-state index >= 15 is 0 Å². The van der Waals surface area contributed by atoms with Gasteiger partial charge in [-0.2, -0.15) is 0 Å². The van der Waals surface area contributed by atoms with Crippen LogP contribution in [0, 0.1) is 0 Å². The number of anilines is 1. The fourth-order valence-electron chi connectivity index (χ4n) is 0.565. The Kier molecular flexibility index (Phi) is 2.10. The van der Waals surface area contributed by atoms with Crippen molar-refractivity contribution in [3.8, 4) is 0 Å². The molecule has 0 saturated heterocycles. The van der Waals surface area contributed by atoms with Gasteiger partial charge in [0.15, 0.2) is 5.01 Å². The smallest absolute Gasteiger partial charge is 0.203 e. The van der Waals surface area contributed by atoms with E-state index in [-0.39, 0.29) is 5.60 Å². The van der Waals surface area contributed by atoms with E-state index in [1.54, 1.807) is 7.11 Å². The summed E-state index contributed by atoms with van der Waals surface area (Å²) in [5, 5.41) is 8.85. The molecule has 0 atom stereocenters. The van der Waals surface area contributed by atoms with Crippen LogP contribution < -0.4 is 5.73 Å². The summed E-state index contributed by atoms with van der Waals surface area (Å²) < 4.78 is 5.19. The van der Waals surface area contributed by atoms with Gasteiger partial charge in [0.2, 0.25) is 5.13 Å². The molecule has 0 amide bonds. The first kappa shape index (κ1) is 8.42. The second-order valence-electron chi connectivity index (χ2n) is 2.66. The average Bonchev–Trinajstić information content (AvgIpc) is 2.36. The normalized spacial score (nSPS) is 11.9. The van der Waals surface area contributed by atoms with Gasteiger partial charge in [0.05, 0.1) is 0 Å². The number of hydrogen-bond acceptors (Lipinski definition) is 5. The SMILES string of the molecule is COC(C)(C)c1nnc(N)s1. The van der Waals surface area contributed by atoms with E-state index in [9.17, 15) is 0 Å². The van der Waals surface area contributed by atoms with Gasteiger partial charge in [-0.3, -0.25) is 0 Å². The molecule has 1 aromatic heterocycles. The zero-order chi connectivity index (χ0) is 8.48. The monoisotopic (exact) mass is 173 g/mol. The Labute approximate surface area is 69.4 Å². The first-order valence-corrected chi connectivity index (χ1v) is 4.02. The molecule has 1 heterocycles. The van der Waals surface area contributed by atoms with E-state index in [0.717, 1.165) is 5.01 Å². The second-order valence-corrected chi connectivity index (χ2v) is 3.67. The standard InChI is InChI=1S/C6H11N3OS/c1-6(2,10-3)4-8-9-5(7)11-4/h1-3H3,(H2,7,9). The van der Waals surface area contributed by atoms with Gasteiger partial charge in [0.25, 0.3) is 0 Å². The van der Waals surface area contributed by atoms with Gasteiger partial charge in [0.1, 0.15) is 5.60 Å². The summed E-state index contributed by atoms with van der Waals surface area (Å²) in [7, 11) is 1.64. The van der Waals surface area contributed by atoms with Crippen LogP contribution in [-0.4, -0.2) is 17.3 Å². The number of nitrogens with zero attached hydrogens (tertiary/aromatic N) is 2. The molecule has 0 aliphatic rings. The van der Waals surface area contributed by atoms with E-state index < -0.39 is 0 Å². The van der Waals surface area contributed by atoms with Crippen LogP contribution in [0.3, 0.4) is 0 Å². The largest absolute Gasteiger partial charge is 0.374 e. The molecule has 5 heteroatoms. The first-order chi connectivity index (χ1) is 5.06. The molecule has 0 aromatic carbocycles. The molecular formula is C6H11N3OS. The molecule has 0 saturated carbocycles. The molecule has 1 aromatic rings. The highest BCUT2D eigenvalue weighted by atomic mass is 32.1. The van der Waals surface area contributed by atoms with E-state index in [1.807, 2.05) is 13.8 Å². The summed E-state index contributed by atoms with van der Waals surface area (Å²) in [5.74, 6) is 0. The van der Waals surface area contributed by atoms with Crippen molar-refractivity contribution in [3.05, 3.63) is 5.01 Å². The second kappa shape index (κ2) is 2.75. The molecule has 0 fully saturated rings. The number of aromatic nitrogens is 2. The Hall–Kier alpha value is -0.680. The van der Waals surface area contributed by atoms with Gasteiger partial charge >= 0.3 is 0 Å². The molecule has 62 valence electrons. The maximum atomic E-state index is 5.42. The van der Waals surface area contributed by atoms with Crippen LogP contribution in [-0.2, 0) is 10.3 Å². The van der Waals surface area contributed by atoms with Crippen molar-refractivity contribution in [2.45, 2.75) is 19.4 Å². The summed E-state index contributed by atoms with van der Waals surface area (Å²) in [6.45, 7) is 3.85. The molecule has 0 spiro atoms. The Balaban J connectivity index is 2.92. The lowest BCUT2D eigenvalue weighted by Gasteiger charge is -2.18. The van der Waals surface area contributed by atoms with Gasteiger partial charge in [-0.15, -0.1) is 10.2 Å². The Bertz CT molecular complexity index is 246. The molecule has 1 rings (SSSR count). The third kappa shape index (κ3) is 1.66. The lowest BCUT2D eigenvalue weighted by atomic mass is 10.1. The van der Waals surface area contributed by atoms with Gasteiger partial charge in [-0.25, -0.2) is 0 Å². The molecule has 0 bridgehead atoms. The van der Waals surface area contributed by atoms with Crippen molar-refractivity contribution >= 4 is 16.5 Å². The lowest BCUT2D eigenvalue weighted by Crippen LogP contribution is -2.18. The predicted octanol–water partition coefficient (Wildman–Crippen LogP) is 1.00. The van der Waals surface area contributed by atoms with Crippen molar-refractivity contribution < 1.29 is 4.74 Å². The zero-order valence-electron chi connectivity index (χ0n) is 6.79. The number of methoxy groups -OCH3 is 1. The van der Waals surface area contributed by atoms with E-state index in [1.165, 1.54) is 11.3 Å². The van der Waals surface area contributed by atoms with Gasteiger partial charge in [-0.1, -0.05) is 11.3 Å². The minimum atomic E-state index is -0.380. The number of nitrogens with two attached hydrogens (primary N) is 1. The summed E-state index contributed by atoms with van der Waals surface area (Å²) >= 11 is 1.35. The van der Waals surface area contributed by atoms with Crippen molar-refractivity contribution in [2.24, 2.45) is 0 Å². The zero-order valence-corrected chi connectivity index (χ0v) is 7.60. The van der Waals surface area contributed by atoms with Gasteiger partial charge in [-0.05, 0) is 13.8 Å². The molecular weight excluding hydrogens is 162 g/mol. The molecule has 4 nitrogen and oxygen atoms in total. The highest BCUT2D eigenvalue weighted by molar-refractivity contribution is 7.15. The summed E-state index contributed by atoms with van der Waals surface area (Å²) in [4.78, 5) is 0. The van der Waals surface area contributed by atoms with Gasteiger partial charge < -0.3 is 10.5 Å². The maximum absolute atomic E-state index is 5.42. The number of ether oxygens (including phenoxy) is 1. The fraction of sp³-hybridized carbons (Fsp3) is 0.667. The minimum absolute atomic E-state index is 0.380. The molecule has 2 N–H and O–H groups in total. The Morgan fingerprint density at radius 1 is 1.45 bits per heavy atom.